The lowest BCUT2D eigenvalue weighted by molar-refractivity contribution is 0.0925. The SMILES string of the molecule is Cl.O=C(N[C@H]1CCCNC1)c1nn(Cc2ccccc2)c(=O)c2ccccc12. The molecule has 0 unspecified atom stereocenters. The van der Waals surface area contributed by atoms with Gasteiger partial charge < -0.3 is 10.6 Å². The molecule has 1 aliphatic heterocycles. The standard InChI is InChI=1S/C21H22N4O2.ClH/c26-20(23-16-9-6-12-22-13-16)19-17-10-4-5-11-18(17)21(27)25(24-19)14-15-7-2-1-3-8-15;/h1-5,7-8,10-11,16,22H,6,9,12-14H2,(H,23,26);1H/t16-;/m0./s1. The Hall–Kier alpha value is -2.70. The van der Waals surface area contributed by atoms with Crippen LogP contribution in [0.1, 0.15) is 28.9 Å². The van der Waals surface area contributed by atoms with E-state index in [-0.39, 0.29) is 29.9 Å². The molecule has 1 amide bonds. The van der Waals surface area contributed by atoms with Gasteiger partial charge in [0.25, 0.3) is 11.5 Å². The van der Waals surface area contributed by atoms with Crippen LogP contribution in [-0.4, -0.2) is 34.8 Å². The second kappa shape index (κ2) is 8.99. The zero-order chi connectivity index (χ0) is 18.6. The van der Waals surface area contributed by atoms with E-state index in [0.29, 0.717) is 23.0 Å². The number of piperidine rings is 1. The van der Waals surface area contributed by atoms with Gasteiger partial charge in [0.05, 0.1) is 11.9 Å². The van der Waals surface area contributed by atoms with Crippen LogP contribution in [0, 0.1) is 0 Å². The van der Waals surface area contributed by atoms with Crippen molar-refractivity contribution in [1.82, 2.24) is 20.4 Å². The maximum Gasteiger partial charge on any atom is 0.274 e. The quantitative estimate of drug-likeness (QED) is 0.707. The molecule has 1 aliphatic rings. The zero-order valence-corrected chi connectivity index (χ0v) is 16.2. The number of hydrogen-bond acceptors (Lipinski definition) is 4. The Morgan fingerprint density at radius 1 is 1.11 bits per heavy atom. The number of halogens is 1. The molecule has 2 aromatic carbocycles. The van der Waals surface area contributed by atoms with Crippen molar-refractivity contribution in [3.8, 4) is 0 Å². The van der Waals surface area contributed by atoms with Gasteiger partial charge in [-0.25, -0.2) is 4.68 Å². The highest BCUT2D eigenvalue weighted by Gasteiger charge is 2.21. The number of carbonyl (C=O) groups is 1. The molecule has 0 radical (unpaired) electrons. The second-order valence-electron chi connectivity index (χ2n) is 6.86. The molecule has 146 valence electrons. The van der Waals surface area contributed by atoms with Crippen molar-refractivity contribution >= 4 is 29.1 Å². The van der Waals surface area contributed by atoms with Crippen LogP contribution in [0.25, 0.3) is 10.8 Å². The fourth-order valence-corrected chi connectivity index (χ4v) is 3.50. The fraction of sp³-hybridized carbons (Fsp3) is 0.286. The number of fused-ring (bicyclic) bond motifs is 1. The minimum atomic E-state index is -0.235. The Morgan fingerprint density at radius 2 is 1.82 bits per heavy atom. The van der Waals surface area contributed by atoms with Crippen molar-refractivity contribution in [2.24, 2.45) is 0 Å². The maximum atomic E-state index is 12.9. The lowest BCUT2D eigenvalue weighted by atomic mass is 10.1. The van der Waals surface area contributed by atoms with Crippen LogP contribution in [0.5, 0.6) is 0 Å². The zero-order valence-electron chi connectivity index (χ0n) is 15.4. The second-order valence-corrected chi connectivity index (χ2v) is 6.86. The van der Waals surface area contributed by atoms with E-state index in [1.54, 1.807) is 12.1 Å². The summed E-state index contributed by atoms with van der Waals surface area (Å²) < 4.78 is 1.38. The van der Waals surface area contributed by atoms with Gasteiger partial charge in [-0.3, -0.25) is 9.59 Å². The third kappa shape index (κ3) is 4.24. The first-order valence-corrected chi connectivity index (χ1v) is 9.28. The van der Waals surface area contributed by atoms with Crippen molar-refractivity contribution < 1.29 is 4.79 Å². The van der Waals surface area contributed by atoms with Gasteiger partial charge in [-0.15, -0.1) is 12.4 Å². The molecule has 1 fully saturated rings. The predicted octanol–water partition coefficient (Wildman–Crippen LogP) is 2.35. The summed E-state index contributed by atoms with van der Waals surface area (Å²) in [5, 5.41) is 11.9. The monoisotopic (exact) mass is 398 g/mol. The third-order valence-electron chi connectivity index (χ3n) is 4.89. The smallest absolute Gasteiger partial charge is 0.274 e. The average molecular weight is 399 g/mol. The fourth-order valence-electron chi connectivity index (χ4n) is 3.50. The van der Waals surface area contributed by atoms with E-state index in [1.165, 1.54) is 4.68 Å². The average Bonchev–Trinajstić information content (AvgIpc) is 2.71. The Labute approximate surface area is 169 Å². The minimum Gasteiger partial charge on any atom is -0.347 e. The van der Waals surface area contributed by atoms with Crippen molar-refractivity contribution in [1.29, 1.82) is 0 Å². The molecule has 3 aromatic rings. The Kier molecular flexibility index (Phi) is 6.44. The molecule has 1 saturated heterocycles. The van der Waals surface area contributed by atoms with E-state index >= 15 is 0 Å². The Bertz CT molecular complexity index is 1010. The summed E-state index contributed by atoms with van der Waals surface area (Å²) >= 11 is 0. The van der Waals surface area contributed by atoms with Gasteiger partial charge in [-0.05, 0) is 31.0 Å². The molecule has 6 nitrogen and oxygen atoms in total. The minimum absolute atomic E-state index is 0. The first-order chi connectivity index (χ1) is 13.2. The predicted molar refractivity (Wildman–Crippen MR) is 112 cm³/mol. The Balaban J connectivity index is 0.00000225. The molecule has 4 rings (SSSR count). The summed E-state index contributed by atoms with van der Waals surface area (Å²) in [5.74, 6) is -0.235. The van der Waals surface area contributed by atoms with Gasteiger partial charge >= 0.3 is 0 Å². The summed E-state index contributed by atoms with van der Waals surface area (Å²) in [5.41, 5.74) is 1.07. The van der Waals surface area contributed by atoms with E-state index in [4.69, 9.17) is 0 Å². The molecule has 1 aromatic heterocycles. The summed E-state index contributed by atoms with van der Waals surface area (Å²) in [6.07, 6.45) is 1.98. The molecule has 2 N–H and O–H groups in total. The van der Waals surface area contributed by atoms with Gasteiger partial charge in [0.1, 0.15) is 0 Å². The lowest BCUT2D eigenvalue weighted by Crippen LogP contribution is -2.46. The normalized spacial score (nSPS) is 16.4. The van der Waals surface area contributed by atoms with E-state index in [0.717, 1.165) is 31.5 Å². The summed E-state index contributed by atoms with van der Waals surface area (Å²) in [7, 11) is 0. The number of nitrogens with one attached hydrogen (secondary N) is 2. The third-order valence-corrected chi connectivity index (χ3v) is 4.89. The highest BCUT2D eigenvalue weighted by atomic mass is 35.5. The maximum absolute atomic E-state index is 12.9. The lowest BCUT2D eigenvalue weighted by Gasteiger charge is -2.24. The molecule has 7 heteroatoms. The number of hydrogen-bond donors (Lipinski definition) is 2. The van der Waals surface area contributed by atoms with Crippen LogP contribution < -0.4 is 16.2 Å². The largest absolute Gasteiger partial charge is 0.347 e. The number of amides is 1. The number of nitrogens with zero attached hydrogens (tertiary/aromatic N) is 2. The van der Waals surface area contributed by atoms with Gasteiger partial charge in [0.2, 0.25) is 0 Å². The van der Waals surface area contributed by atoms with Crippen LogP contribution in [0.2, 0.25) is 0 Å². The van der Waals surface area contributed by atoms with Gasteiger partial charge in [-0.1, -0.05) is 48.5 Å². The van der Waals surface area contributed by atoms with Crippen LogP contribution in [-0.2, 0) is 6.54 Å². The van der Waals surface area contributed by atoms with Crippen LogP contribution in [0.4, 0.5) is 0 Å². The number of aromatic nitrogens is 2. The van der Waals surface area contributed by atoms with Gasteiger partial charge in [0, 0.05) is 18.0 Å². The Morgan fingerprint density at radius 3 is 2.54 bits per heavy atom. The summed E-state index contributed by atoms with van der Waals surface area (Å²) in [6.45, 7) is 2.07. The van der Waals surface area contributed by atoms with Crippen LogP contribution in [0.15, 0.2) is 59.4 Å². The van der Waals surface area contributed by atoms with E-state index in [9.17, 15) is 9.59 Å². The topological polar surface area (TPSA) is 76.0 Å². The van der Waals surface area contributed by atoms with Crippen molar-refractivity contribution in [3.63, 3.8) is 0 Å². The van der Waals surface area contributed by atoms with Crippen molar-refractivity contribution in [3.05, 3.63) is 76.2 Å². The van der Waals surface area contributed by atoms with E-state index < -0.39 is 0 Å². The number of carbonyl (C=O) groups excluding carboxylic acids is 1. The van der Waals surface area contributed by atoms with Crippen LogP contribution >= 0.6 is 12.4 Å². The van der Waals surface area contributed by atoms with E-state index in [2.05, 4.69) is 15.7 Å². The van der Waals surface area contributed by atoms with Gasteiger partial charge in [0.15, 0.2) is 5.69 Å². The highest BCUT2D eigenvalue weighted by molar-refractivity contribution is 6.04. The van der Waals surface area contributed by atoms with Crippen molar-refractivity contribution in [2.75, 3.05) is 13.1 Å². The highest BCUT2D eigenvalue weighted by Crippen LogP contribution is 2.14. The molecule has 2 heterocycles. The number of rotatable bonds is 4. The molecule has 28 heavy (non-hydrogen) atoms. The molecule has 0 bridgehead atoms. The first kappa shape index (κ1) is 20.0. The summed E-state index contributed by atoms with van der Waals surface area (Å²) in [6, 6.07) is 16.9. The molecular weight excluding hydrogens is 376 g/mol. The van der Waals surface area contributed by atoms with E-state index in [1.807, 2.05) is 42.5 Å². The molecular formula is C21H23ClN4O2. The van der Waals surface area contributed by atoms with Crippen molar-refractivity contribution in [2.45, 2.75) is 25.4 Å². The van der Waals surface area contributed by atoms with Crippen LogP contribution in [0.3, 0.4) is 0 Å². The molecule has 0 saturated carbocycles. The first-order valence-electron chi connectivity index (χ1n) is 9.28. The number of benzene rings is 2. The molecule has 0 spiro atoms. The van der Waals surface area contributed by atoms with Gasteiger partial charge in [-0.2, -0.15) is 5.10 Å². The molecule has 1 atom stereocenters. The molecule has 0 aliphatic carbocycles. The summed E-state index contributed by atoms with van der Waals surface area (Å²) in [4.78, 5) is 25.8.